The lowest BCUT2D eigenvalue weighted by molar-refractivity contribution is 0.0169. The van der Waals surface area contributed by atoms with Gasteiger partial charge in [-0.1, -0.05) is 0 Å². The van der Waals surface area contributed by atoms with E-state index in [9.17, 15) is 0 Å². The molecule has 0 spiro atoms. The molecule has 3 aliphatic rings. The molecule has 2 bridgehead atoms. The van der Waals surface area contributed by atoms with Crippen LogP contribution >= 0.6 is 12.4 Å². The second-order valence-corrected chi connectivity index (χ2v) is 3.45. The third-order valence-corrected chi connectivity index (χ3v) is 2.16. The minimum Gasteiger partial charge on any atom is -0.373 e. The van der Waals surface area contributed by atoms with Crippen molar-refractivity contribution in [2.45, 2.75) is 30.9 Å². The fourth-order valence-electron chi connectivity index (χ4n) is 1.96. The van der Waals surface area contributed by atoms with Gasteiger partial charge in [0.1, 0.15) is 0 Å². The molecule has 9 heavy (non-hydrogen) atoms. The third kappa shape index (κ3) is 0.858. The molecule has 2 aliphatic heterocycles. The number of hydrogen-bond donors (Lipinski definition) is 1. The SMILES string of the molecule is CC12CC(N)(CO1)C2.Cl. The van der Waals surface area contributed by atoms with Crippen LogP contribution in [0, 0.1) is 0 Å². The van der Waals surface area contributed by atoms with Crippen molar-refractivity contribution in [2.75, 3.05) is 6.61 Å². The lowest BCUT2D eigenvalue weighted by Gasteiger charge is -2.39. The summed E-state index contributed by atoms with van der Waals surface area (Å²) in [6.07, 6.45) is 2.14. The van der Waals surface area contributed by atoms with E-state index in [-0.39, 0.29) is 23.5 Å². The molecule has 3 fully saturated rings. The maximum absolute atomic E-state index is 5.80. The normalized spacial score (nSPS) is 54.0. The van der Waals surface area contributed by atoms with Gasteiger partial charge in [0.15, 0.2) is 0 Å². The van der Waals surface area contributed by atoms with Gasteiger partial charge in [0.05, 0.1) is 12.2 Å². The lowest BCUT2D eigenvalue weighted by atomic mass is 9.70. The van der Waals surface area contributed by atoms with Crippen LogP contribution in [-0.4, -0.2) is 17.7 Å². The Balaban J connectivity index is 0.000000405. The first-order valence-corrected chi connectivity index (χ1v) is 3.05. The van der Waals surface area contributed by atoms with Gasteiger partial charge in [-0.25, -0.2) is 0 Å². The molecule has 3 rings (SSSR count). The van der Waals surface area contributed by atoms with Gasteiger partial charge in [0.25, 0.3) is 0 Å². The van der Waals surface area contributed by atoms with E-state index in [1.54, 1.807) is 0 Å². The van der Waals surface area contributed by atoms with Crippen molar-refractivity contribution in [3.8, 4) is 0 Å². The quantitative estimate of drug-likeness (QED) is 0.550. The van der Waals surface area contributed by atoms with Crippen LogP contribution in [0.4, 0.5) is 0 Å². The zero-order chi connectivity index (χ0) is 5.83. The Labute approximate surface area is 61.2 Å². The van der Waals surface area contributed by atoms with Crippen molar-refractivity contribution in [1.82, 2.24) is 0 Å². The molecule has 1 saturated carbocycles. The van der Waals surface area contributed by atoms with Crippen molar-refractivity contribution in [3.63, 3.8) is 0 Å². The summed E-state index contributed by atoms with van der Waals surface area (Å²) in [5, 5.41) is 0. The average molecular weight is 150 g/mol. The molecule has 0 atom stereocenters. The van der Waals surface area contributed by atoms with E-state index in [1.807, 2.05) is 0 Å². The van der Waals surface area contributed by atoms with Crippen LogP contribution in [0.2, 0.25) is 0 Å². The van der Waals surface area contributed by atoms with E-state index < -0.39 is 0 Å². The van der Waals surface area contributed by atoms with Crippen molar-refractivity contribution in [1.29, 1.82) is 0 Å². The van der Waals surface area contributed by atoms with Crippen LogP contribution in [0.25, 0.3) is 0 Å². The van der Waals surface area contributed by atoms with Crippen LogP contribution in [0.1, 0.15) is 19.8 Å². The van der Waals surface area contributed by atoms with Crippen molar-refractivity contribution >= 4 is 12.4 Å². The molecular formula is C6H12ClNO. The van der Waals surface area contributed by atoms with Gasteiger partial charge in [0, 0.05) is 5.54 Å². The van der Waals surface area contributed by atoms with Crippen LogP contribution in [0.15, 0.2) is 0 Å². The number of ether oxygens (including phenoxy) is 1. The van der Waals surface area contributed by atoms with E-state index in [0.717, 1.165) is 19.4 Å². The van der Waals surface area contributed by atoms with Crippen LogP contribution in [0.3, 0.4) is 0 Å². The topological polar surface area (TPSA) is 35.2 Å². The van der Waals surface area contributed by atoms with E-state index >= 15 is 0 Å². The molecular weight excluding hydrogens is 138 g/mol. The van der Waals surface area contributed by atoms with Gasteiger partial charge in [0.2, 0.25) is 0 Å². The molecule has 2 heterocycles. The van der Waals surface area contributed by atoms with Crippen LogP contribution in [-0.2, 0) is 4.74 Å². The number of rotatable bonds is 0. The highest BCUT2D eigenvalue weighted by molar-refractivity contribution is 5.85. The summed E-state index contributed by atoms with van der Waals surface area (Å²) in [4.78, 5) is 0. The van der Waals surface area contributed by atoms with Crippen LogP contribution < -0.4 is 5.73 Å². The summed E-state index contributed by atoms with van der Waals surface area (Å²) in [5.74, 6) is 0. The predicted molar refractivity (Wildman–Crippen MR) is 37.8 cm³/mol. The molecule has 2 N–H and O–H groups in total. The summed E-state index contributed by atoms with van der Waals surface area (Å²) in [7, 11) is 0. The lowest BCUT2D eigenvalue weighted by Crippen LogP contribution is -2.53. The summed E-state index contributed by atoms with van der Waals surface area (Å²) < 4.78 is 5.39. The minimum absolute atomic E-state index is 0. The Bertz CT molecular complexity index is 117. The van der Waals surface area contributed by atoms with Gasteiger partial charge in [-0.2, -0.15) is 0 Å². The standard InChI is InChI=1S/C6H11NO.ClH/c1-5-2-6(7,3-5)4-8-5;/h2-4,7H2,1H3;1H. The smallest absolute Gasteiger partial charge is 0.0692 e. The van der Waals surface area contributed by atoms with Crippen LogP contribution in [0.5, 0.6) is 0 Å². The molecule has 0 radical (unpaired) electrons. The molecule has 2 saturated heterocycles. The summed E-state index contributed by atoms with van der Waals surface area (Å²) in [6.45, 7) is 2.91. The summed E-state index contributed by atoms with van der Waals surface area (Å²) in [5.41, 5.74) is 6.06. The fraction of sp³-hybridized carbons (Fsp3) is 1.00. The van der Waals surface area contributed by atoms with Gasteiger partial charge in [-0.3, -0.25) is 0 Å². The first-order valence-electron chi connectivity index (χ1n) is 3.05. The zero-order valence-electron chi connectivity index (χ0n) is 5.52. The Morgan fingerprint density at radius 2 is 2.00 bits per heavy atom. The maximum atomic E-state index is 5.80. The van der Waals surface area contributed by atoms with E-state index in [0.29, 0.717) is 0 Å². The second kappa shape index (κ2) is 1.62. The number of halogens is 1. The Morgan fingerprint density at radius 3 is 2.11 bits per heavy atom. The minimum atomic E-state index is 0. The first kappa shape index (κ1) is 7.32. The van der Waals surface area contributed by atoms with E-state index in [1.165, 1.54) is 0 Å². The van der Waals surface area contributed by atoms with E-state index in [4.69, 9.17) is 10.5 Å². The van der Waals surface area contributed by atoms with Crippen molar-refractivity contribution < 1.29 is 4.74 Å². The Hall–Kier alpha value is 0.210. The molecule has 0 aromatic heterocycles. The molecule has 0 aromatic rings. The average Bonchev–Trinajstić information content (AvgIpc) is 1.88. The molecule has 0 aromatic carbocycles. The molecule has 54 valence electrons. The number of hydrogen-bond acceptors (Lipinski definition) is 2. The van der Waals surface area contributed by atoms with Crippen molar-refractivity contribution in [2.24, 2.45) is 5.73 Å². The fourth-order valence-corrected chi connectivity index (χ4v) is 1.96. The van der Waals surface area contributed by atoms with Crippen molar-refractivity contribution in [3.05, 3.63) is 0 Å². The van der Waals surface area contributed by atoms with E-state index in [2.05, 4.69) is 6.92 Å². The molecule has 0 amide bonds. The van der Waals surface area contributed by atoms with Gasteiger partial charge >= 0.3 is 0 Å². The largest absolute Gasteiger partial charge is 0.373 e. The predicted octanol–water partition coefficient (Wildman–Crippen LogP) is 0.688. The third-order valence-electron chi connectivity index (χ3n) is 2.16. The monoisotopic (exact) mass is 149 g/mol. The summed E-state index contributed by atoms with van der Waals surface area (Å²) in [6, 6.07) is 0. The molecule has 0 unspecified atom stereocenters. The highest BCUT2D eigenvalue weighted by atomic mass is 35.5. The second-order valence-electron chi connectivity index (χ2n) is 3.45. The molecule has 1 aliphatic carbocycles. The zero-order valence-corrected chi connectivity index (χ0v) is 6.33. The number of nitrogens with two attached hydrogens (primary N) is 1. The molecule has 3 heteroatoms. The Morgan fingerprint density at radius 1 is 1.44 bits per heavy atom. The Kier molecular flexibility index (Phi) is 1.32. The van der Waals surface area contributed by atoms with Gasteiger partial charge in [-0.05, 0) is 19.8 Å². The van der Waals surface area contributed by atoms with Gasteiger partial charge < -0.3 is 10.5 Å². The summed E-state index contributed by atoms with van der Waals surface area (Å²) >= 11 is 0. The first-order chi connectivity index (χ1) is 3.62. The molecule has 2 nitrogen and oxygen atoms in total. The highest BCUT2D eigenvalue weighted by Crippen LogP contribution is 2.49. The van der Waals surface area contributed by atoms with Gasteiger partial charge in [-0.15, -0.1) is 12.4 Å². The maximum Gasteiger partial charge on any atom is 0.0692 e. The highest BCUT2D eigenvalue weighted by Gasteiger charge is 2.57. The number of fused-ring (bicyclic) bond motifs is 1.